The first-order valence-corrected chi connectivity index (χ1v) is 7.36. The van der Waals surface area contributed by atoms with E-state index in [1.165, 1.54) is 26.4 Å². The number of hydrogen-bond donors (Lipinski definition) is 2. The summed E-state index contributed by atoms with van der Waals surface area (Å²) < 4.78 is 36.4. The maximum absolute atomic E-state index is 12.2. The molecule has 0 aliphatic rings. The highest BCUT2D eigenvalue weighted by Crippen LogP contribution is 2.29. The lowest BCUT2D eigenvalue weighted by Gasteiger charge is -2.15. The van der Waals surface area contributed by atoms with E-state index >= 15 is 0 Å². The molecule has 0 aromatic heterocycles. The van der Waals surface area contributed by atoms with E-state index < -0.39 is 31.6 Å². The van der Waals surface area contributed by atoms with Crippen molar-refractivity contribution in [3.8, 4) is 0 Å². The zero-order chi connectivity index (χ0) is 16.0. The predicted octanol–water partition coefficient (Wildman–Crippen LogP) is 0.117. The quantitative estimate of drug-likeness (QED) is 0.395. The lowest BCUT2D eigenvalue weighted by molar-refractivity contribution is -0.386. The third-order valence-corrected chi connectivity index (χ3v) is 4.14. The Balaban J connectivity index is 3.04. The number of nitrogens with one attached hydrogen (secondary N) is 1. The van der Waals surface area contributed by atoms with E-state index in [4.69, 9.17) is 15.2 Å². The van der Waals surface area contributed by atoms with Gasteiger partial charge in [0.15, 0.2) is 4.90 Å². The van der Waals surface area contributed by atoms with Gasteiger partial charge in [0.25, 0.3) is 0 Å². The largest absolute Gasteiger partial charge is 0.393 e. The number of rotatable bonds is 8. The van der Waals surface area contributed by atoms with Crippen LogP contribution in [-0.2, 0) is 19.5 Å². The molecule has 0 aliphatic carbocycles. The number of benzene rings is 1. The van der Waals surface area contributed by atoms with Crippen LogP contribution in [0.5, 0.6) is 0 Å². The van der Waals surface area contributed by atoms with Gasteiger partial charge in [-0.25, -0.2) is 13.1 Å². The van der Waals surface area contributed by atoms with Crippen molar-refractivity contribution in [1.29, 1.82) is 0 Å². The molecule has 0 saturated carbocycles. The first kappa shape index (κ1) is 17.3. The Morgan fingerprint density at radius 2 is 2.10 bits per heavy atom. The van der Waals surface area contributed by atoms with Gasteiger partial charge in [-0.05, 0) is 12.1 Å². The Morgan fingerprint density at radius 3 is 2.62 bits per heavy atom. The number of para-hydroxylation sites is 1. The maximum atomic E-state index is 12.2. The Bertz CT molecular complexity index is 604. The first-order valence-electron chi connectivity index (χ1n) is 5.87. The third-order valence-electron chi connectivity index (χ3n) is 2.69. The number of nitro benzene ring substituents is 1. The number of hydrogen-bond acceptors (Lipinski definition) is 7. The van der Waals surface area contributed by atoms with E-state index in [2.05, 4.69) is 4.72 Å². The van der Waals surface area contributed by atoms with Crippen LogP contribution in [-0.4, -0.2) is 46.8 Å². The molecule has 118 valence electrons. The smallest absolute Gasteiger partial charge is 0.312 e. The lowest BCUT2D eigenvalue weighted by atomic mass is 10.3. The van der Waals surface area contributed by atoms with Gasteiger partial charge in [0.05, 0.1) is 17.6 Å². The topological polar surface area (TPSA) is 134 Å². The average Bonchev–Trinajstić information content (AvgIpc) is 2.42. The zero-order valence-electron chi connectivity index (χ0n) is 11.6. The molecular weight excluding hydrogens is 302 g/mol. The number of nitrogen functional groups attached to an aromatic ring is 1. The minimum absolute atomic E-state index is 0.0847. The summed E-state index contributed by atoms with van der Waals surface area (Å²) in [5, 5.41) is 11.0. The molecule has 3 N–H and O–H groups in total. The molecule has 1 rings (SSSR count). The van der Waals surface area contributed by atoms with E-state index in [9.17, 15) is 18.5 Å². The van der Waals surface area contributed by atoms with Crippen LogP contribution in [0.1, 0.15) is 0 Å². The van der Waals surface area contributed by atoms with Crippen molar-refractivity contribution in [2.45, 2.75) is 11.0 Å². The van der Waals surface area contributed by atoms with Crippen molar-refractivity contribution in [3.63, 3.8) is 0 Å². The molecule has 0 aliphatic heterocycles. The number of nitro groups is 1. The van der Waals surface area contributed by atoms with Crippen LogP contribution in [0, 0.1) is 10.1 Å². The van der Waals surface area contributed by atoms with Gasteiger partial charge in [-0.3, -0.25) is 10.1 Å². The van der Waals surface area contributed by atoms with Gasteiger partial charge in [-0.2, -0.15) is 0 Å². The first-order chi connectivity index (χ1) is 9.83. The standard InChI is InChI=1S/C11H17N3O6S/c1-19-7-8(20-2)6-13-21(17,18)10-5-3-4-9(12)11(10)14(15)16/h3-5,8,13H,6-7,12H2,1-2H3. The van der Waals surface area contributed by atoms with Gasteiger partial charge in [-0.15, -0.1) is 0 Å². The molecule has 1 aromatic carbocycles. The molecule has 10 heteroatoms. The van der Waals surface area contributed by atoms with Gasteiger partial charge >= 0.3 is 5.69 Å². The van der Waals surface area contributed by atoms with Gasteiger partial charge in [-0.1, -0.05) is 6.07 Å². The number of methoxy groups -OCH3 is 2. The predicted molar refractivity (Wildman–Crippen MR) is 75.4 cm³/mol. The van der Waals surface area contributed by atoms with E-state index in [0.29, 0.717) is 0 Å². The Morgan fingerprint density at radius 1 is 1.43 bits per heavy atom. The van der Waals surface area contributed by atoms with E-state index in [-0.39, 0.29) is 18.8 Å². The summed E-state index contributed by atoms with van der Waals surface area (Å²) in [6, 6.07) is 3.72. The molecular formula is C11H17N3O6S. The van der Waals surface area contributed by atoms with Crippen molar-refractivity contribution in [2.75, 3.05) is 33.1 Å². The fourth-order valence-electron chi connectivity index (χ4n) is 1.63. The number of sulfonamides is 1. The molecule has 0 spiro atoms. The highest BCUT2D eigenvalue weighted by atomic mass is 32.2. The third kappa shape index (κ3) is 4.36. The second-order valence-electron chi connectivity index (χ2n) is 4.12. The average molecular weight is 319 g/mol. The van der Waals surface area contributed by atoms with E-state index in [0.717, 1.165) is 6.07 Å². The van der Waals surface area contributed by atoms with Gasteiger partial charge in [0, 0.05) is 20.8 Å². The highest BCUT2D eigenvalue weighted by molar-refractivity contribution is 7.89. The van der Waals surface area contributed by atoms with Crippen LogP contribution in [0.2, 0.25) is 0 Å². The van der Waals surface area contributed by atoms with Crippen LogP contribution in [0.25, 0.3) is 0 Å². The maximum Gasteiger partial charge on any atom is 0.312 e. The van der Waals surface area contributed by atoms with Crippen LogP contribution in [0.3, 0.4) is 0 Å². The molecule has 0 radical (unpaired) electrons. The number of nitrogens with zero attached hydrogens (tertiary/aromatic N) is 1. The van der Waals surface area contributed by atoms with Gasteiger partial charge in [0.2, 0.25) is 10.0 Å². The molecule has 0 amide bonds. The number of nitrogens with two attached hydrogens (primary N) is 1. The van der Waals surface area contributed by atoms with Crippen LogP contribution in [0.15, 0.2) is 23.1 Å². The van der Waals surface area contributed by atoms with E-state index in [1.54, 1.807) is 0 Å². The fraction of sp³-hybridized carbons (Fsp3) is 0.455. The molecule has 0 saturated heterocycles. The summed E-state index contributed by atoms with van der Waals surface area (Å²) in [6.07, 6.45) is -0.509. The van der Waals surface area contributed by atoms with Crippen molar-refractivity contribution >= 4 is 21.4 Å². The summed E-state index contributed by atoms with van der Waals surface area (Å²) in [7, 11) is -1.24. The van der Waals surface area contributed by atoms with Crippen molar-refractivity contribution in [2.24, 2.45) is 0 Å². The Labute approximate surface area is 122 Å². The SMILES string of the molecule is COCC(CNS(=O)(=O)c1cccc(N)c1[N+](=O)[O-])OC. The highest BCUT2D eigenvalue weighted by Gasteiger charge is 2.28. The minimum atomic E-state index is -4.09. The second kappa shape index (κ2) is 7.31. The molecule has 1 atom stereocenters. The normalized spacial score (nSPS) is 13.0. The fourth-order valence-corrected chi connectivity index (χ4v) is 2.89. The minimum Gasteiger partial charge on any atom is -0.393 e. The summed E-state index contributed by atoms with van der Waals surface area (Å²) in [6.45, 7) is 0.0939. The van der Waals surface area contributed by atoms with Crippen molar-refractivity contribution in [1.82, 2.24) is 4.72 Å². The van der Waals surface area contributed by atoms with E-state index in [1.807, 2.05) is 0 Å². The molecule has 1 aromatic rings. The lowest BCUT2D eigenvalue weighted by Crippen LogP contribution is -2.35. The second-order valence-corrected chi connectivity index (χ2v) is 5.85. The van der Waals surface area contributed by atoms with Gasteiger partial charge in [0.1, 0.15) is 5.69 Å². The summed E-state index contributed by atoms with van der Waals surface area (Å²) in [5.74, 6) is 0. The monoisotopic (exact) mass is 319 g/mol. The molecule has 9 nitrogen and oxygen atoms in total. The van der Waals surface area contributed by atoms with Crippen molar-refractivity contribution < 1.29 is 22.8 Å². The van der Waals surface area contributed by atoms with Crippen LogP contribution >= 0.6 is 0 Å². The zero-order valence-corrected chi connectivity index (χ0v) is 12.4. The van der Waals surface area contributed by atoms with Gasteiger partial charge < -0.3 is 15.2 Å². The molecule has 0 fully saturated rings. The summed E-state index contributed by atoms with van der Waals surface area (Å²) in [5.41, 5.74) is 4.60. The Hall–Kier alpha value is -1.75. The van der Waals surface area contributed by atoms with Crippen LogP contribution < -0.4 is 10.5 Å². The van der Waals surface area contributed by atoms with Crippen molar-refractivity contribution in [3.05, 3.63) is 28.3 Å². The number of anilines is 1. The molecule has 21 heavy (non-hydrogen) atoms. The molecule has 0 bridgehead atoms. The van der Waals surface area contributed by atoms with Crippen LogP contribution in [0.4, 0.5) is 11.4 Å². The summed E-state index contributed by atoms with van der Waals surface area (Å²) in [4.78, 5) is 9.66. The molecule has 1 unspecified atom stereocenters. The Kier molecular flexibility index (Phi) is 6.03. The summed E-state index contributed by atoms with van der Waals surface area (Å²) >= 11 is 0. The number of ether oxygens (including phenoxy) is 2. The molecule has 0 heterocycles.